The van der Waals surface area contributed by atoms with Crippen LogP contribution in [0.25, 0.3) is 0 Å². The zero-order valence-corrected chi connectivity index (χ0v) is 16.8. The minimum Gasteiger partial charge on any atom is -0.360 e. The molecule has 1 amide bonds. The predicted molar refractivity (Wildman–Crippen MR) is 102 cm³/mol. The normalized spacial score (nSPS) is 20.9. The van der Waals surface area contributed by atoms with E-state index < -0.39 is 14.9 Å². The Bertz CT molecular complexity index is 817. The molecule has 1 heterocycles. The molecule has 0 unspecified atom stereocenters. The number of amides is 1. The average molecular weight is 398 g/mol. The van der Waals surface area contributed by atoms with E-state index in [1.807, 2.05) is 13.8 Å². The molecule has 1 saturated heterocycles. The minimum atomic E-state index is -3.82. The van der Waals surface area contributed by atoms with Crippen molar-refractivity contribution in [2.24, 2.45) is 11.8 Å². The Morgan fingerprint density at radius 3 is 2.44 bits per heavy atom. The largest absolute Gasteiger partial charge is 0.360 e. The van der Waals surface area contributed by atoms with Gasteiger partial charge in [-0.15, -0.1) is 0 Å². The molecular weight excluding hydrogens is 372 g/mol. The molecule has 10 heteroatoms. The first-order valence-corrected chi connectivity index (χ1v) is 10.2. The van der Waals surface area contributed by atoms with Crippen LogP contribution in [0.3, 0.4) is 0 Å². The highest BCUT2D eigenvalue weighted by Gasteiger charge is 2.33. The van der Waals surface area contributed by atoms with Crippen LogP contribution < -0.4 is 10.2 Å². The first-order chi connectivity index (χ1) is 12.6. The maximum Gasteiger partial charge on any atom is 0.293 e. The molecule has 1 fully saturated rings. The maximum absolute atomic E-state index is 13.0. The third-order valence-electron chi connectivity index (χ3n) is 4.69. The number of rotatable bonds is 6. The lowest BCUT2D eigenvalue weighted by molar-refractivity contribution is -0.384. The molecule has 1 aromatic carbocycles. The van der Waals surface area contributed by atoms with Gasteiger partial charge in [0.1, 0.15) is 5.69 Å². The number of likely N-dealkylation sites (N-methyl/N-ethyl adjacent to an activating group) is 2. The molecule has 9 nitrogen and oxygen atoms in total. The van der Waals surface area contributed by atoms with Crippen molar-refractivity contribution < 1.29 is 18.1 Å². The second-order valence-electron chi connectivity index (χ2n) is 7.20. The molecule has 2 atom stereocenters. The Balaban J connectivity index is 2.39. The molecule has 27 heavy (non-hydrogen) atoms. The summed E-state index contributed by atoms with van der Waals surface area (Å²) in [6.07, 6.45) is 0.954. The van der Waals surface area contributed by atoms with Gasteiger partial charge < -0.3 is 10.2 Å². The number of carbonyl (C=O) groups excluding carboxylic acids is 1. The number of nitrogens with one attached hydrogen (secondary N) is 1. The van der Waals surface area contributed by atoms with Crippen molar-refractivity contribution in [3.63, 3.8) is 0 Å². The molecule has 150 valence electrons. The smallest absolute Gasteiger partial charge is 0.293 e. The molecule has 1 N–H and O–H groups in total. The molecule has 0 spiro atoms. The highest BCUT2D eigenvalue weighted by molar-refractivity contribution is 7.89. The second-order valence-corrected chi connectivity index (χ2v) is 9.14. The fraction of sp³-hybridized carbons (Fsp3) is 0.588. The van der Waals surface area contributed by atoms with Gasteiger partial charge >= 0.3 is 0 Å². The number of piperidine rings is 1. The average Bonchev–Trinajstić information content (AvgIpc) is 2.60. The van der Waals surface area contributed by atoms with Gasteiger partial charge in [-0.2, -0.15) is 4.31 Å². The van der Waals surface area contributed by atoms with E-state index >= 15 is 0 Å². The molecule has 1 aliphatic heterocycles. The van der Waals surface area contributed by atoms with Gasteiger partial charge in [-0.3, -0.25) is 14.9 Å². The molecule has 1 aliphatic rings. The van der Waals surface area contributed by atoms with Crippen LogP contribution in [-0.2, 0) is 14.8 Å². The number of hydrogen-bond donors (Lipinski definition) is 1. The van der Waals surface area contributed by atoms with Gasteiger partial charge in [0.25, 0.3) is 5.69 Å². The number of hydrogen-bond acceptors (Lipinski definition) is 6. The van der Waals surface area contributed by atoms with E-state index in [4.69, 9.17) is 0 Å². The Morgan fingerprint density at radius 1 is 1.33 bits per heavy atom. The Labute approximate surface area is 159 Å². The summed E-state index contributed by atoms with van der Waals surface area (Å²) in [5, 5.41) is 14.0. The van der Waals surface area contributed by atoms with Crippen molar-refractivity contribution in [2.45, 2.75) is 25.2 Å². The van der Waals surface area contributed by atoms with Crippen LogP contribution in [0.1, 0.15) is 20.3 Å². The fourth-order valence-electron chi connectivity index (χ4n) is 3.46. The number of anilines is 1. The summed E-state index contributed by atoms with van der Waals surface area (Å²) in [5.74, 6) is 0.160. The zero-order valence-electron chi connectivity index (χ0n) is 16.0. The van der Waals surface area contributed by atoms with Gasteiger partial charge in [0.15, 0.2) is 0 Å². The maximum atomic E-state index is 13.0. The van der Waals surface area contributed by atoms with Gasteiger partial charge in [-0.05, 0) is 30.4 Å². The van der Waals surface area contributed by atoms with Gasteiger partial charge in [0.2, 0.25) is 15.9 Å². The molecule has 0 aliphatic carbocycles. The Kier molecular flexibility index (Phi) is 6.42. The SMILES string of the molecule is CNC(=O)CN(C)c1ccc(S(=O)(=O)N2C[C@H](C)C[C@H](C)C2)cc1[N+](=O)[O-]. The van der Waals surface area contributed by atoms with E-state index in [1.165, 1.54) is 28.4 Å². The van der Waals surface area contributed by atoms with Crippen LogP contribution in [-0.4, -0.2) is 57.3 Å². The summed E-state index contributed by atoms with van der Waals surface area (Å²) in [5.41, 5.74) is -0.163. The van der Waals surface area contributed by atoms with E-state index in [1.54, 1.807) is 7.05 Å². The van der Waals surface area contributed by atoms with E-state index in [9.17, 15) is 23.3 Å². The second kappa shape index (κ2) is 8.22. The molecule has 0 saturated carbocycles. The standard InChI is InChI=1S/C17H26N4O5S/c1-12-7-13(2)10-20(9-12)27(25,26)14-5-6-15(16(8-14)21(23)24)19(4)11-17(22)18-3/h5-6,8,12-13H,7,9-11H2,1-4H3,(H,18,22)/t12-,13+. The van der Waals surface area contributed by atoms with Gasteiger partial charge in [-0.25, -0.2) is 8.42 Å². The highest BCUT2D eigenvalue weighted by Crippen LogP contribution is 2.33. The van der Waals surface area contributed by atoms with E-state index in [2.05, 4.69) is 5.32 Å². The number of benzene rings is 1. The number of nitrogens with zero attached hydrogens (tertiary/aromatic N) is 3. The lowest BCUT2D eigenvalue weighted by Gasteiger charge is -2.34. The van der Waals surface area contributed by atoms with Crippen molar-refractivity contribution in [1.82, 2.24) is 9.62 Å². The number of sulfonamides is 1. The number of nitro groups is 1. The monoisotopic (exact) mass is 398 g/mol. The lowest BCUT2D eigenvalue weighted by atomic mass is 9.94. The summed E-state index contributed by atoms with van der Waals surface area (Å²) >= 11 is 0. The van der Waals surface area contributed by atoms with Crippen molar-refractivity contribution in [3.05, 3.63) is 28.3 Å². The predicted octanol–water partition coefficient (Wildman–Crippen LogP) is 1.44. The van der Waals surface area contributed by atoms with E-state index in [-0.39, 0.29) is 40.6 Å². The topological polar surface area (TPSA) is 113 Å². The third-order valence-corrected chi connectivity index (χ3v) is 6.52. The lowest BCUT2D eigenvalue weighted by Crippen LogP contribution is -2.42. The van der Waals surface area contributed by atoms with Crippen LogP contribution in [0.15, 0.2) is 23.1 Å². The molecule has 0 aromatic heterocycles. The van der Waals surface area contributed by atoms with Crippen molar-refractivity contribution >= 4 is 27.3 Å². The van der Waals surface area contributed by atoms with Crippen LogP contribution in [0, 0.1) is 22.0 Å². The van der Waals surface area contributed by atoms with Crippen LogP contribution in [0.4, 0.5) is 11.4 Å². The first-order valence-electron chi connectivity index (χ1n) is 8.76. The zero-order chi connectivity index (χ0) is 20.4. The van der Waals surface area contributed by atoms with Crippen molar-refractivity contribution in [1.29, 1.82) is 0 Å². The van der Waals surface area contributed by atoms with Gasteiger partial charge in [0, 0.05) is 33.3 Å². The van der Waals surface area contributed by atoms with Crippen LogP contribution in [0.2, 0.25) is 0 Å². The first kappa shape index (κ1) is 21.1. The summed E-state index contributed by atoms with van der Waals surface area (Å²) in [6.45, 7) is 4.72. The molecular formula is C17H26N4O5S. The van der Waals surface area contributed by atoms with Gasteiger partial charge in [-0.1, -0.05) is 13.8 Å². The number of carbonyl (C=O) groups is 1. The summed E-state index contributed by atoms with van der Waals surface area (Å²) in [4.78, 5) is 23.7. The van der Waals surface area contributed by atoms with Crippen LogP contribution in [0.5, 0.6) is 0 Å². The minimum absolute atomic E-state index is 0.0788. The summed E-state index contributed by atoms with van der Waals surface area (Å²) in [6, 6.07) is 3.82. The van der Waals surface area contributed by atoms with Crippen molar-refractivity contribution in [3.8, 4) is 0 Å². The Hall–Kier alpha value is -2.20. The summed E-state index contributed by atoms with van der Waals surface area (Å²) in [7, 11) is -0.808. The molecule has 0 bridgehead atoms. The van der Waals surface area contributed by atoms with E-state index in [0.29, 0.717) is 13.1 Å². The molecule has 2 rings (SSSR count). The Morgan fingerprint density at radius 2 is 1.93 bits per heavy atom. The highest BCUT2D eigenvalue weighted by atomic mass is 32.2. The van der Waals surface area contributed by atoms with Crippen molar-refractivity contribution in [2.75, 3.05) is 38.6 Å². The van der Waals surface area contributed by atoms with Crippen LogP contribution >= 0.6 is 0 Å². The van der Waals surface area contributed by atoms with Gasteiger partial charge in [0.05, 0.1) is 16.4 Å². The fourth-order valence-corrected chi connectivity index (χ4v) is 5.16. The van der Waals surface area contributed by atoms with E-state index in [0.717, 1.165) is 12.5 Å². The summed E-state index contributed by atoms with van der Waals surface area (Å²) < 4.78 is 27.4. The molecule has 1 aromatic rings. The molecule has 0 radical (unpaired) electrons. The number of nitro benzene ring substituents is 1. The third kappa shape index (κ3) is 4.75. The quantitative estimate of drug-likeness (QED) is 0.573.